The van der Waals surface area contributed by atoms with Crippen molar-refractivity contribution in [3.63, 3.8) is 0 Å². The van der Waals surface area contributed by atoms with Crippen LogP contribution in [-0.2, 0) is 0 Å². The Morgan fingerprint density at radius 2 is 1.64 bits per heavy atom. The third-order valence-corrected chi connectivity index (χ3v) is 11.7. The first kappa shape index (κ1) is 8.21. The molecule has 0 aliphatic carbocycles. The van der Waals surface area contributed by atoms with Crippen LogP contribution in [0.15, 0.2) is 30.3 Å². The molecule has 0 unspecified atom stereocenters. The second-order valence-corrected chi connectivity index (χ2v) is 14.2. The molecule has 1 aliphatic rings. The van der Waals surface area contributed by atoms with E-state index in [0.717, 1.165) is 0 Å². The molecule has 1 nitrogen and oxygen atoms in total. The van der Waals surface area contributed by atoms with E-state index >= 15 is 0 Å². The average Bonchev–Trinajstić information content (AvgIpc) is 2.58. The summed E-state index contributed by atoms with van der Waals surface area (Å²) < 4.78 is 2.86. The molecule has 1 fully saturated rings. The zero-order valence-corrected chi connectivity index (χ0v) is 10.7. The second kappa shape index (κ2) is 4.01. The third kappa shape index (κ3) is 2.04. The zero-order chi connectivity index (χ0) is 7.52. The Labute approximate surface area is 83.5 Å². The quantitative estimate of drug-likeness (QED) is 0.656. The molecule has 0 radical (unpaired) electrons. The van der Waals surface area contributed by atoms with Gasteiger partial charge in [0.15, 0.2) is 0 Å². The van der Waals surface area contributed by atoms with Gasteiger partial charge in [-0.3, -0.25) is 0 Å². The monoisotopic (exact) mass is 379 g/mol. The normalized spacial score (nSPS) is 17.3. The molecule has 0 saturated carbocycles. The molecule has 0 amide bonds. The van der Waals surface area contributed by atoms with Crippen LogP contribution < -0.4 is 4.90 Å². The Morgan fingerprint density at radius 3 is 2.27 bits per heavy atom. The van der Waals surface area contributed by atoms with Gasteiger partial charge in [-0.1, -0.05) is 0 Å². The van der Waals surface area contributed by atoms with Gasteiger partial charge in [-0.15, -0.1) is 0 Å². The van der Waals surface area contributed by atoms with E-state index in [1.165, 1.54) is 14.9 Å². The SMILES string of the molecule is c1ccc(N2C[Te][Te]C2)cc1. The van der Waals surface area contributed by atoms with Gasteiger partial charge in [0, 0.05) is 0 Å². The molecule has 58 valence electrons. The number of anilines is 1. The number of hydrogen-bond donors (Lipinski definition) is 0. The summed E-state index contributed by atoms with van der Waals surface area (Å²) in [5, 5.41) is 0. The molecule has 0 N–H and O–H groups in total. The van der Waals surface area contributed by atoms with Crippen LogP contribution in [0.3, 0.4) is 0 Å². The Kier molecular flexibility index (Phi) is 3.00. The van der Waals surface area contributed by atoms with Gasteiger partial charge in [0.2, 0.25) is 0 Å². The summed E-state index contributed by atoms with van der Waals surface area (Å²) >= 11 is 0.954. The summed E-state index contributed by atoms with van der Waals surface area (Å²) in [7, 11) is 0. The van der Waals surface area contributed by atoms with E-state index < -0.39 is 0 Å². The Balaban J connectivity index is 2.16. The third-order valence-electron chi connectivity index (χ3n) is 1.62. The van der Waals surface area contributed by atoms with Crippen LogP contribution in [0.2, 0.25) is 0 Å². The van der Waals surface area contributed by atoms with Gasteiger partial charge in [0.05, 0.1) is 0 Å². The predicted molar refractivity (Wildman–Crippen MR) is 50.2 cm³/mol. The first-order valence-electron chi connectivity index (χ1n) is 3.51. The maximum atomic E-state index is 2.56. The number of para-hydroxylation sites is 1. The standard InChI is InChI=1S/C8H9NTe2/c1-2-4-8(5-3-1)9-6-10-11-7-9/h1-5H,6-7H2. The first-order chi connectivity index (χ1) is 5.47. The molecule has 1 aromatic rings. The fraction of sp³-hybridized carbons (Fsp3) is 0.250. The van der Waals surface area contributed by atoms with Gasteiger partial charge in [0.25, 0.3) is 0 Å². The molecule has 0 atom stereocenters. The fourth-order valence-electron chi connectivity index (χ4n) is 1.03. The molecule has 11 heavy (non-hydrogen) atoms. The number of rotatable bonds is 1. The maximum absolute atomic E-state index is 2.56. The van der Waals surface area contributed by atoms with E-state index in [4.69, 9.17) is 0 Å². The van der Waals surface area contributed by atoms with E-state index in [1.54, 1.807) is 0 Å². The average molecular weight is 374 g/mol. The molecule has 2 rings (SSSR count). The fourth-order valence-corrected chi connectivity index (χ4v) is 12.4. The predicted octanol–water partition coefficient (Wildman–Crippen LogP) is 0.745. The molecule has 0 aromatic heterocycles. The van der Waals surface area contributed by atoms with Crippen LogP contribution >= 0.6 is 0 Å². The van der Waals surface area contributed by atoms with Crippen LogP contribution in [0.1, 0.15) is 0 Å². The van der Waals surface area contributed by atoms with Crippen molar-refractivity contribution in [1.29, 1.82) is 0 Å². The molecule has 1 aliphatic heterocycles. The summed E-state index contributed by atoms with van der Waals surface area (Å²) in [6.45, 7) is 0. The van der Waals surface area contributed by atoms with Crippen molar-refractivity contribution in [2.24, 2.45) is 0 Å². The zero-order valence-electron chi connectivity index (χ0n) is 6.06. The van der Waals surface area contributed by atoms with Gasteiger partial charge in [0.1, 0.15) is 0 Å². The topological polar surface area (TPSA) is 3.24 Å². The van der Waals surface area contributed by atoms with Crippen LogP contribution in [0.5, 0.6) is 0 Å². The molecule has 1 heterocycles. The summed E-state index contributed by atoms with van der Waals surface area (Å²) in [5.74, 6) is 0. The van der Waals surface area contributed by atoms with Crippen molar-refractivity contribution in [2.45, 2.75) is 0 Å². The summed E-state index contributed by atoms with van der Waals surface area (Å²) in [6.07, 6.45) is 0. The van der Waals surface area contributed by atoms with E-state index in [0.29, 0.717) is 34.1 Å². The minimum absolute atomic E-state index is 0.477. The molecular formula is C8H9NTe2. The van der Waals surface area contributed by atoms with E-state index in [2.05, 4.69) is 35.2 Å². The van der Waals surface area contributed by atoms with Gasteiger partial charge in [-0.2, -0.15) is 0 Å². The number of nitrogens with zero attached hydrogens (tertiary/aromatic N) is 1. The van der Waals surface area contributed by atoms with Crippen molar-refractivity contribution in [1.82, 2.24) is 0 Å². The van der Waals surface area contributed by atoms with Crippen molar-refractivity contribution >= 4 is 39.8 Å². The molecular weight excluding hydrogens is 365 g/mol. The van der Waals surface area contributed by atoms with Crippen LogP contribution in [0.4, 0.5) is 5.69 Å². The van der Waals surface area contributed by atoms with E-state index in [9.17, 15) is 0 Å². The summed E-state index contributed by atoms with van der Waals surface area (Å²) in [4.78, 5) is 2.56. The Hall–Kier alpha value is 0.599. The molecule has 1 saturated heterocycles. The summed E-state index contributed by atoms with van der Waals surface area (Å²) in [5.41, 5.74) is 1.44. The minimum atomic E-state index is 0.477. The number of hydrogen-bond acceptors (Lipinski definition) is 1. The van der Waals surface area contributed by atoms with Gasteiger partial charge in [-0.05, 0) is 0 Å². The van der Waals surface area contributed by atoms with Crippen LogP contribution in [0.25, 0.3) is 0 Å². The van der Waals surface area contributed by atoms with E-state index in [-0.39, 0.29) is 0 Å². The molecule has 1 aromatic carbocycles. The Bertz CT molecular complexity index is 219. The van der Waals surface area contributed by atoms with Gasteiger partial charge < -0.3 is 0 Å². The molecule has 0 bridgehead atoms. The van der Waals surface area contributed by atoms with Crippen LogP contribution in [0, 0.1) is 0 Å². The first-order valence-corrected chi connectivity index (χ1v) is 14.1. The molecule has 0 spiro atoms. The Morgan fingerprint density at radius 1 is 1.00 bits per heavy atom. The van der Waals surface area contributed by atoms with E-state index in [1.807, 2.05) is 0 Å². The van der Waals surface area contributed by atoms with Crippen LogP contribution in [-0.4, -0.2) is 43.3 Å². The second-order valence-electron chi connectivity index (χ2n) is 2.37. The van der Waals surface area contributed by atoms with Gasteiger partial charge >= 0.3 is 84.2 Å². The van der Waals surface area contributed by atoms with Crippen molar-refractivity contribution in [3.8, 4) is 0 Å². The van der Waals surface area contributed by atoms with Crippen molar-refractivity contribution in [3.05, 3.63) is 30.3 Å². The van der Waals surface area contributed by atoms with Crippen molar-refractivity contribution in [2.75, 3.05) is 14.1 Å². The summed E-state index contributed by atoms with van der Waals surface area (Å²) in [6, 6.07) is 10.8. The van der Waals surface area contributed by atoms with Gasteiger partial charge in [-0.25, -0.2) is 0 Å². The number of benzene rings is 1. The molecule has 3 heteroatoms. The van der Waals surface area contributed by atoms with Crippen molar-refractivity contribution < 1.29 is 0 Å².